The lowest BCUT2D eigenvalue weighted by Crippen LogP contribution is -2.49. The van der Waals surface area contributed by atoms with E-state index < -0.39 is 5.91 Å². The second kappa shape index (κ2) is 10.7. The maximum absolute atomic E-state index is 13.8. The number of nitrogens with zero attached hydrogens (tertiary/aromatic N) is 6. The molecule has 8 rings (SSSR count). The Bertz CT molecular complexity index is 2000. The van der Waals surface area contributed by atoms with Crippen LogP contribution in [0.2, 0.25) is 5.02 Å². The number of fused-ring (bicyclic) bond motifs is 4. The standard InChI is InChI=1S/C32H31ClN8O3S/c1-44-24-9-18(32(43)40-14-17-2-4-23(40)27(17)34)8-22-28(24)41(31(37-22)21-15-45-25-5-3-19(33)10-20(21)25)13-16-11-39(12-16)26-6-7-36-30(38-26)29(35)42/h3,5-10,15-17,23,27H,2,4,11-14,34H2,1H3,(H2,35,42)/t17?,23?,27-/m1/s1. The van der Waals surface area contributed by atoms with Crippen molar-refractivity contribution in [2.45, 2.75) is 31.5 Å². The van der Waals surface area contributed by atoms with Gasteiger partial charge in [0.2, 0.25) is 5.82 Å². The molecular formula is C32H31ClN8O3S. The summed E-state index contributed by atoms with van der Waals surface area (Å²) in [5.74, 6) is 1.99. The van der Waals surface area contributed by atoms with Crippen molar-refractivity contribution in [1.29, 1.82) is 0 Å². The molecule has 4 N–H and O–H groups in total. The van der Waals surface area contributed by atoms with Crippen molar-refractivity contribution < 1.29 is 14.3 Å². The van der Waals surface area contributed by atoms with Crippen LogP contribution in [-0.2, 0) is 6.54 Å². The summed E-state index contributed by atoms with van der Waals surface area (Å²) in [7, 11) is 1.63. The highest BCUT2D eigenvalue weighted by molar-refractivity contribution is 7.17. The molecule has 13 heteroatoms. The van der Waals surface area contributed by atoms with Crippen molar-refractivity contribution in [2.24, 2.45) is 23.3 Å². The van der Waals surface area contributed by atoms with Crippen LogP contribution in [0, 0.1) is 11.8 Å². The number of hydrogen-bond acceptors (Lipinski definition) is 9. The van der Waals surface area contributed by atoms with Crippen molar-refractivity contribution >= 4 is 61.7 Å². The van der Waals surface area contributed by atoms with Crippen molar-refractivity contribution in [3.8, 4) is 17.1 Å². The molecule has 2 amide bonds. The molecule has 2 bridgehead atoms. The van der Waals surface area contributed by atoms with E-state index >= 15 is 0 Å². The molecule has 230 valence electrons. The first-order chi connectivity index (χ1) is 21.8. The van der Waals surface area contributed by atoms with Crippen LogP contribution in [0.3, 0.4) is 0 Å². The number of nitrogens with two attached hydrogens (primary N) is 2. The summed E-state index contributed by atoms with van der Waals surface area (Å²) in [6, 6.07) is 11.5. The van der Waals surface area contributed by atoms with Gasteiger partial charge in [-0.25, -0.2) is 15.0 Å². The number of primary amides is 1. The number of ether oxygens (including phenoxy) is 1. The molecule has 2 saturated heterocycles. The first-order valence-corrected chi connectivity index (χ1v) is 16.2. The van der Waals surface area contributed by atoms with Crippen LogP contribution in [0.15, 0.2) is 48.0 Å². The number of anilines is 1. The van der Waals surface area contributed by atoms with Crippen LogP contribution >= 0.6 is 22.9 Å². The fraction of sp³-hybridized carbons (Fsp3) is 0.344. The van der Waals surface area contributed by atoms with Crippen LogP contribution in [0.4, 0.5) is 5.82 Å². The van der Waals surface area contributed by atoms with Crippen molar-refractivity contribution in [3.05, 3.63) is 64.4 Å². The Labute approximate surface area is 267 Å². The number of benzene rings is 2. The fourth-order valence-electron chi connectivity index (χ4n) is 7.29. The molecular weight excluding hydrogens is 612 g/mol. The van der Waals surface area contributed by atoms with Gasteiger partial charge in [0.15, 0.2) is 0 Å². The van der Waals surface area contributed by atoms with E-state index in [1.165, 1.54) is 0 Å². The summed E-state index contributed by atoms with van der Waals surface area (Å²) >= 11 is 8.08. The summed E-state index contributed by atoms with van der Waals surface area (Å²) in [6.45, 7) is 2.79. The fourth-order valence-corrected chi connectivity index (χ4v) is 8.38. The largest absolute Gasteiger partial charge is 0.494 e. The Hall–Kier alpha value is -4.26. The van der Waals surface area contributed by atoms with Crippen molar-refractivity contribution in [1.82, 2.24) is 24.4 Å². The van der Waals surface area contributed by atoms with E-state index in [0.29, 0.717) is 46.7 Å². The van der Waals surface area contributed by atoms with Crippen LogP contribution in [0.5, 0.6) is 5.75 Å². The minimum atomic E-state index is -0.656. The Morgan fingerprint density at radius 3 is 2.69 bits per heavy atom. The quantitative estimate of drug-likeness (QED) is 0.269. The van der Waals surface area contributed by atoms with Crippen LogP contribution in [-0.4, -0.2) is 75.1 Å². The zero-order chi connectivity index (χ0) is 31.0. The number of aromatic nitrogens is 4. The van der Waals surface area contributed by atoms with Gasteiger partial charge in [-0.2, -0.15) is 0 Å². The Balaban J connectivity index is 1.18. The Morgan fingerprint density at radius 2 is 1.96 bits per heavy atom. The molecule has 0 radical (unpaired) electrons. The molecule has 45 heavy (non-hydrogen) atoms. The van der Waals surface area contributed by atoms with Gasteiger partial charge in [0.1, 0.15) is 22.9 Å². The monoisotopic (exact) mass is 642 g/mol. The molecule has 1 saturated carbocycles. The van der Waals surface area contributed by atoms with E-state index in [9.17, 15) is 9.59 Å². The zero-order valence-electron chi connectivity index (χ0n) is 24.5. The molecule has 3 fully saturated rings. The number of amides is 2. The summed E-state index contributed by atoms with van der Waals surface area (Å²) in [6.07, 6.45) is 3.57. The number of carbonyl (C=O) groups excluding carboxylic acids is 2. The van der Waals surface area contributed by atoms with Gasteiger partial charge < -0.3 is 30.6 Å². The molecule has 0 spiro atoms. The van der Waals surface area contributed by atoms with E-state index in [2.05, 4.69) is 24.8 Å². The van der Waals surface area contributed by atoms with E-state index in [0.717, 1.165) is 52.9 Å². The van der Waals surface area contributed by atoms with Gasteiger partial charge in [0.05, 0.1) is 12.6 Å². The number of methoxy groups -OCH3 is 1. The van der Waals surface area contributed by atoms with Crippen molar-refractivity contribution in [2.75, 3.05) is 31.6 Å². The smallest absolute Gasteiger partial charge is 0.286 e. The SMILES string of the molecule is COc1cc(C(=O)N2CC3CCC2[C@@H]3N)cc2nc(-c3csc4ccc(Cl)cc34)n(CC3CN(c4ccnc(C(N)=O)n4)C3)c12. The topological polar surface area (TPSA) is 145 Å². The minimum absolute atomic E-state index is 0.000618. The second-order valence-electron chi connectivity index (χ2n) is 12.2. The zero-order valence-corrected chi connectivity index (χ0v) is 26.1. The summed E-state index contributed by atoms with van der Waals surface area (Å²) in [5, 5.41) is 3.79. The molecule has 3 aromatic heterocycles. The third kappa shape index (κ3) is 4.62. The van der Waals surface area contributed by atoms with E-state index in [1.807, 2.05) is 35.2 Å². The molecule has 5 heterocycles. The van der Waals surface area contributed by atoms with E-state index in [-0.39, 0.29) is 29.7 Å². The predicted octanol–water partition coefficient (Wildman–Crippen LogP) is 4.17. The third-order valence-electron chi connectivity index (χ3n) is 9.55. The highest BCUT2D eigenvalue weighted by Gasteiger charge is 2.47. The lowest BCUT2D eigenvalue weighted by molar-refractivity contribution is 0.0700. The number of imidazole rings is 1. The molecule has 2 aliphatic heterocycles. The molecule has 1 aliphatic carbocycles. The van der Waals surface area contributed by atoms with Gasteiger partial charge in [-0.05, 0) is 55.2 Å². The number of hydrogen-bond donors (Lipinski definition) is 2. The number of halogens is 1. The van der Waals surface area contributed by atoms with Crippen LogP contribution < -0.4 is 21.1 Å². The van der Waals surface area contributed by atoms with Gasteiger partial charge in [0.25, 0.3) is 11.8 Å². The molecule has 11 nitrogen and oxygen atoms in total. The molecule has 3 aliphatic rings. The van der Waals surface area contributed by atoms with Crippen LogP contribution in [0.1, 0.15) is 33.8 Å². The number of piperidine rings is 1. The van der Waals surface area contributed by atoms with Gasteiger partial charge >= 0.3 is 0 Å². The first-order valence-electron chi connectivity index (χ1n) is 15.0. The summed E-state index contributed by atoms with van der Waals surface area (Å²) < 4.78 is 9.27. The number of rotatable bonds is 7. The second-order valence-corrected chi connectivity index (χ2v) is 13.5. The highest BCUT2D eigenvalue weighted by atomic mass is 35.5. The molecule has 5 aromatic rings. The van der Waals surface area contributed by atoms with Crippen LogP contribution in [0.25, 0.3) is 32.5 Å². The van der Waals surface area contributed by atoms with E-state index in [4.69, 9.17) is 32.8 Å². The van der Waals surface area contributed by atoms with Gasteiger partial charge in [-0.15, -0.1) is 11.3 Å². The van der Waals surface area contributed by atoms with Gasteiger partial charge in [0, 0.05) is 82.0 Å². The Morgan fingerprint density at radius 1 is 1.11 bits per heavy atom. The molecule has 2 unspecified atom stereocenters. The first kappa shape index (κ1) is 28.2. The minimum Gasteiger partial charge on any atom is -0.494 e. The van der Waals surface area contributed by atoms with Gasteiger partial charge in [-0.1, -0.05) is 11.6 Å². The number of likely N-dealkylation sites (tertiary alicyclic amines) is 1. The number of thiophene rings is 1. The average Bonchev–Trinajstić information content (AvgIpc) is 3.78. The summed E-state index contributed by atoms with van der Waals surface area (Å²) in [5.41, 5.74) is 14.9. The predicted molar refractivity (Wildman–Crippen MR) is 174 cm³/mol. The average molecular weight is 643 g/mol. The normalized spacial score (nSPS) is 21.2. The molecule has 3 atom stereocenters. The maximum Gasteiger partial charge on any atom is 0.286 e. The lowest BCUT2D eigenvalue weighted by atomic mass is 9.99. The number of carbonyl (C=O) groups is 2. The van der Waals surface area contributed by atoms with Gasteiger partial charge in [-0.3, -0.25) is 9.59 Å². The Kier molecular flexibility index (Phi) is 6.70. The summed E-state index contributed by atoms with van der Waals surface area (Å²) in [4.78, 5) is 42.9. The molecule has 2 aromatic carbocycles. The lowest BCUT2D eigenvalue weighted by Gasteiger charge is -2.40. The van der Waals surface area contributed by atoms with Crippen molar-refractivity contribution in [3.63, 3.8) is 0 Å². The highest BCUT2D eigenvalue weighted by Crippen LogP contribution is 2.41. The van der Waals surface area contributed by atoms with E-state index in [1.54, 1.807) is 30.7 Å². The maximum atomic E-state index is 13.8. The third-order valence-corrected chi connectivity index (χ3v) is 10.7.